The lowest BCUT2D eigenvalue weighted by molar-refractivity contribution is 0.280. The topological polar surface area (TPSA) is 33.1 Å². The van der Waals surface area contributed by atoms with Crippen LogP contribution in [0.25, 0.3) is 0 Å². The van der Waals surface area contributed by atoms with Gasteiger partial charge in [-0.25, -0.2) is 0 Å². The largest absolute Gasteiger partial charge is 0.392 e. The van der Waals surface area contributed by atoms with Gasteiger partial charge in [-0.2, -0.15) is 0 Å². The number of rotatable bonds is 1. The molecule has 0 aliphatic heterocycles. The van der Waals surface area contributed by atoms with Gasteiger partial charge in [-0.05, 0) is 24.1 Å². The number of hydrogen-bond acceptors (Lipinski definition) is 2. The molecule has 0 saturated heterocycles. The predicted molar refractivity (Wildman–Crippen MR) is 41.6 cm³/mol. The molecule has 0 spiro atoms. The van der Waals surface area contributed by atoms with Gasteiger partial charge in [0.15, 0.2) is 0 Å². The number of aliphatic hydroxyl groups is 1. The fourth-order valence-electron chi connectivity index (χ4n) is 0.662. The minimum Gasteiger partial charge on any atom is -0.392 e. The smallest absolute Gasteiger partial charge is 0.0699 e. The summed E-state index contributed by atoms with van der Waals surface area (Å²) in [6, 6.07) is 1.88. The molecule has 0 aliphatic rings. The summed E-state index contributed by atoms with van der Waals surface area (Å²) >= 11 is 0. The third kappa shape index (κ3) is 1.81. The summed E-state index contributed by atoms with van der Waals surface area (Å²) in [5, 5.41) is 8.68. The van der Waals surface area contributed by atoms with E-state index in [1.807, 2.05) is 13.0 Å². The molecule has 2 heteroatoms. The van der Waals surface area contributed by atoms with E-state index >= 15 is 0 Å². The highest BCUT2D eigenvalue weighted by atomic mass is 16.3. The molecule has 0 radical (unpaired) electrons. The van der Waals surface area contributed by atoms with E-state index in [-0.39, 0.29) is 14.0 Å². The van der Waals surface area contributed by atoms with Crippen molar-refractivity contribution in [3.8, 4) is 0 Å². The fraction of sp³-hybridized carbons (Fsp3) is 0.375. The molecule has 0 fully saturated rings. The van der Waals surface area contributed by atoms with E-state index in [2.05, 4.69) is 4.98 Å². The van der Waals surface area contributed by atoms with Gasteiger partial charge >= 0.3 is 0 Å². The molecule has 1 aromatic rings. The van der Waals surface area contributed by atoms with Gasteiger partial charge in [-0.1, -0.05) is 7.43 Å². The first-order valence-corrected chi connectivity index (χ1v) is 2.85. The van der Waals surface area contributed by atoms with Crippen molar-refractivity contribution in [1.29, 1.82) is 0 Å². The molecule has 0 bridgehead atoms. The van der Waals surface area contributed by atoms with E-state index in [4.69, 9.17) is 5.11 Å². The minimum atomic E-state index is 0. The molecule has 0 unspecified atom stereocenters. The zero-order valence-electron chi connectivity index (χ0n) is 5.33. The van der Waals surface area contributed by atoms with Crippen molar-refractivity contribution in [2.75, 3.05) is 0 Å². The lowest BCUT2D eigenvalue weighted by Gasteiger charge is -1.97. The quantitative estimate of drug-likeness (QED) is 0.640. The molecule has 0 aliphatic carbocycles. The maximum Gasteiger partial charge on any atom is 0.0699 e. The van der Waals surface area contributed by atoms with Crippen LogP contribution in [0.4, 0.5) is 0 Å². The Morgan fingerprint density at radius 2 is 2.30 bits per heavy atom. The molecule has 1 N–H and O–H groups in total. The SMILES string of the molecule is C.Cc1ccncc1CO. The van der Waals surface area contributed by atoms with Crippen LogP contribution in [-0.2, 0) is 6.61 Å². The number of aliphatic hydroxyl groups excluding tert-OH is 1. The van der Waals surface area contributed by atoms with Crippen molar-refractivity contribution >= 4 is 0 Å². The summed E-state index contributed by atoms with van der Waals surface area (Å²) < 4.78 is 0. The first-order valence-electron chi connectivity index (χ1n) is 2.85. The number of aryl methyl sites for hydroxylation is 1. The van der Waals surface area contributed by atoms with Crippen molar-refractivity contribution in [3.63, 3.8) is 0 Å². The maximum absolute atomic E-state index is 8.68. The van der Waals surface area contributed by atoms with Crippen molar-refractivity contribution in [2.24, 2.45) is 0 Å². The normalized spacial score (nSPS) is 8.60. The van der Waals surface area contributed by atoms with Gasteiger partial charge in [0.2, 0.25) is 0 Å². The van der Waals surface area contributed by atoms with Gasteiger partial charge in [-0.15, -0.1) is 0 Å². The fourth-order valence-corrected chi connectivity index (χ4v) is 0.662. The van der Waals surface area contributed by atoms with E-state index in [9.17, 15) is 0 Å². The van der Waals surface area contributed by atoms with Crippen LogP contribution in [0.2, 0.25) is 0 Å². The molecule has 1 aromatic heterocycles. The average Bonchev–Trinajstić information content (AvgIpc) is 1.89. The average molecular weight is 139 g/mol. The summed E-state index contributed by atoms with van der Waals surface area (Å²) in [6.45, 7) is 2.03. The zero-order chi connectivity index (χ0) is 6.69. The van der Waals surface area contributed by atoms with Crippen molar-refractivity contribution in [3.05, 3.63) is 29.6 Å². The summed E-state index contributed by atoms with van der Waals surface area (Å²) in [4.78, 5) is 3.86. The minimum absolute atomic E-state index is 0. The second kappa shape index (κ2) is 4.01. The van der Waals surface area contributed by atoms with Crippen LogP contribution >= 0.6 is 0 Å². The van der Waals surface area contributed by atoms with Crippen LogP contribution < -0.4 is 0 Å². The van der Waals surface area contributed by atoms with Gasteiger partial charge in [0, 0.05) is 12.4 Å². The maximum atomic E-state index is 8.68. The van der Waals surface area contributed by atoms with Crippen LogP contribution in [0.3, 0.4) is 0 Å². The molecule has 56 valence electrons. The van der Waals surface area contributed by atoms with Gasteiger partial charge in [-0.3, -0.25) is 4.98 Å². The van der Waals surface area contributed by atoms with E-state index < -0.39 is 0 Å². The molecule has 2 nitrogen and oxygen atoms in total. The molecular weight excluding hydrogens is 126 g/mol. The Kier molecular flexibility index (Phi) is 3.65. The van der Waals surface area contributed by atoms with Gasteiger partial charge in [0.1, 0.15) is 0 Å². The Hall–Kier alpha value is -0.890. The van der Waals surface area contributed by atoms with Crippen LogP contribution in [0.15, 0.2) is 18.5 Å². The molecule has 0 aromatic carbocycles. The van der Waals surface area contributed by atoms with Crippen molar-refractivity contribution < 1.29 is 5.11 Å². The highest BCUT2D eigenvalue weighted by Gasteiger charge is 1.91. The van der Waals surface area contributed by atoms with Gasteiger partial charge in [0.05, 0.1) is 6.61 Å². The Morgan fingerprint density at radius 3 is 2.70 bits per heavy atom. The summed E-state index contributed by atoms with van der Waals surface area (Å²) in [6.07, 6.45) is 3.39. The third-order valence-electron chi connectivity index (χ3n) is 1.32. The van der Waals surface area contributed by atoms with Crippen LogP contribution in [0.5, 0.6) is 0 Å². The van der Waals surface area contributed by atoms with Gasteiger partial charge in [0.25, 0.3) is 0 Å². The molecule has 1 rings (SSSR count). The second-order valence-corrected chi connectivity index (χ2v) is 1.96. The number of hydrogen-bond donors (Lipinski definition) is 1. The monoisotopic (exact) mass is 139 g/mol. The lowest BCUT2D eigenvalue weighted by atomic mass is 10.2. The van der Waals surface area contributed by atoms with E-state index in [1.54, 1.807) is 12.4 Å². The molecule has 0 amide bonds. The lowest BCUT2D eigenvalue weighted by Crippen LogP contribution is -1.87. The third-order valence-corrected chi connectivity index (χ3v) is 1.32. The summed E-state index contributed by atoms with van der Waals surface area (Å²) in [5.41, 5.74) is 1.99. The first kappa shape index (κ1) is 9.11. The highest BCUT2D eigenvalue weighted by Crippen LogP contribution is 2.02. The van der Waals surface area contributed by atoms with E-state index in [0.29, 0.717) is 0 Å². The molecule has 0 atom stereocenters. The molecule has 10 heavy (non-hydrogen) atoms. The van der Waals surface area contributed by atoms with Gasteiger partial charge < -0.3 is 5.11 Å². The highest BCUT2D eigenvalue weighted by molar-refractivity contribution is 5.19. The number of pyridine rings is 1. The van der Waals surface area contributed by atoms with Crippen LogP contribution in [0, 0.1) is 6.92 Å². The van der Waals surface area contributed by atoms with Crippen molar-refractivity contribution in [1.82, 2.24) is 4.98 Å². The zero-order valence-corrected chi connectivity index (χ0v) is 5.33. The molecule has 1 heterocycles. The van der Waals surface area contributed by atoms with E-state index in [1.165, 1.54) is 0 Å². The molecular formula is C8H13NO. The van der Waals surface area contributed by atoms with Crippen LogP contribution in [-0.4, -0.2) is 10.1 Å². The first-order chi connectivity index (χ1) is 4.34. The number of aromatic nitrogens is 1. The molecule has 0 saturated carbocycles. The standard InChI is InChI=1S/C7H9NO.CH4/c1-6-2-3-8-4-7(6)5-9;/h2-4,9H,5H2,1H3;1H4. The Morgan fingerprint density at radius 1 is 1.60 bits per heavy atom. The summed E-state index contributed by atoms with van der Waals surface area (Å²) in [7, 11) is 0. The Labute approximate surface area is 61.5 Å². The van der Waals surface area contributed by atoms with Crippen LogP contribution in [0.1, 0.15) is 18.6 Å². The second-order valence-electron chi connectivity index (χ2n) is 1.96. The van der Waals surface area contributed by atoms with Crippen molar-refractivity contribution in [2.45, 2.75) is 21.0 Å². The predicted octanol–water partition coefficient (Wildman–Crippen LogP) is 1.52. The Bertz CT molecular complexity index is 198. The Balaban J connectivity index is 0.000000810. The summed E-state index contributed by atoms with van der Waals surface area (Å²) in [5.74, 6) is 0. The van der Waals surface area contributed by atoms with E-state index in [0.717, 1.165) is 11.1 Å². The number of nitrogens with zero attached hydrogens (tertiary/aromatic N) is 1.